The zero-order chi connectivity index (χ0) is 14.6. The summed E-state index contributed by atoms with van der Waals surface area (Å²) in [5.41, 5.74) is -0.512. The molecule has 0 spiro atoms. The van der Waals surface area contributed by atoms with Crippen molar-refractivity contribution in [3.63, 3.8) is 0 Å². The van der Waals surface area contributed by atoms with E-state index in [0.29, 0.717) is 0 Å². The third-order valence-corrected chi connectivity index (χ3v) is 2.39. The number of rotatable bonds is 5. The average molecular weight is 276 g/mol. The van der Waals surface area contributed by atoms with Crippen LogP contribution in [0, 0.1) is 0 Å². The maximum Gasteiger partial charge on any atom is 0.416 e. The molecule has 0 aliphatic heterocycles. The monoisotopic (exact) mass is 276 g/mol. The van der Waals surface area contributed by atoms with Gasteiger partial charge < -0.3 is 9.84 Å². The summed E-state index contributed by atoms with van der Waals surface area (Å²) in [6.07, 6.45) is -6.00. The summed E-state index contributed by atoms with van der Waals surface area (Å²) in [6.45, 7) is 3.34. The summed E-state index contributed by atoms with van der Waals surface area (Å²) in [5, 5.41) is 8.97. The van der Waals surface area contributed by atoms with Crippen LogP contribution >= 0.6 is 0 Å². The molecule has 0 heterocycles. The minimum Gasteiger partial charge on any atom is -0.479 e. The summed E-state index contributed by atoms with van der Waals surface area (Å²) >= 11 is 0. The lowest BCUT2D eigenvalue weighted by Crippen LogP contribution is -2.29. The van der Waals surface area contributed by atoms with E-state index in [1.807, 2.05) is 0 Å². The van der Waals surface area contributed by atoms with Crippen LogP contribution in [0.4, 0.5) is 13.2 Å². The fourth-order valence-electron chi connectivity index (χ4n) is 1.61. The number of hydrogen-bond donors (Lipinski definition) is 1. The van der Waals surface area contributed by atoms with Gasteiger partial charge in [-0.2, -0.15) is 13.2 Å². The summed E-state index contributed by atoms with van der Waals surface area (Å²) in [6, 6.07) is 4.60. The van der Waals surface area contributed by atoms with Crippen molar-refractivity contribution < 1.29 is 27.8 Å². The Balaban J connectivity index is 2.88. The second-order valence-corrected chi connectivity index (χ2v) is 4.41. The van der Waals surface area contributed by atoms with Gasteiger partial charge in [0.1, 0.15) is 0 Å². The standard InChI is InChI=1S/C13H15F3O3/c1-8(2)19-11(12(17)18)7-9-4-3-5-10(6-9)13(14,15)16/h3-6,8,11H,7H2,1-2H3,(H,17,18). The van der Waals surface area contributed by atoms with Gasteiger partial charge in [-0.05, 0) is 25.5 Å². The van der Waals surface area contributed by atoms with Gasteiger partial charge in [0.15, 0.2) is 6.10 Å². The number of benzene rings is 1. The van der Waals surface area contributed by atoms with Crippen LogP contribution in [-0.4, -0.2) is 23.3 Å². The van der Waals surface area contributed by atoms with Gasteiger partial charge in [0.25, 0.3) is 0 Å². The van der Waals surface area contributed by atoms with Crippen LogP contribution in [0.1, 0.15) is 25.0 Å². The van der Waals surface area contributed by atoms with Gasteiger partial charge in [0.05, 0.1) is 11.7 Å². The number of halogens is 3. The third-order valence-electron chi connectivity index (χ3n) is 2.39. The molecule has 1 N–H and O–H groups in total. The first-order chi connectivity index (χ1) is 8.70. The molecule has 0 saturated carbocycles. The minimum absolute atomic E-state index is 0.0998. The third kappa shape index (κ3) is 4.90. The van der Waals surface area contributed by atoms with Crippen molar-refractivity contribution in [2.75, 3.05) is 0 Å². The van der Waals surface area contributed by atoms with E-state index in [-0.39, 0.29) is 18.1 Å². The summed E-state index contributed by atoms with van der Waals surface area (Å²) in [5.74, 6) is -1.19. The highest BCUT2D eigenvalue weighted by atomic mass is 19.4. The number of carboxylic acids is 1. The SMILES string of the molecule is CC(C)OC(Cc1cccc(C(F)(F)F)c1)C(=O)O. The van der Waals surface area contributed by atoms with E-state index in [9.17, 15) is 18.0 Å². The van der Waals surface area contributed by atoms with Gasteiger partial charge in [-0.3, -0.25) is 0 Å². The highest BCUT2D eigenvalue weighted by Gasteiger charge is 2.31. The van der Waals surface area contributed by atoms with Crippen LogP contribution in [0.5, 0.6) is 0 Å². The van der Waals surface area contributed by atoms with Crippen LogP contribution < -0.4 is 0 Å². The largest absolute Gasteiger partial charge is 0.479 e. The lowest BCUT2D eigenvalue weighted by atomic mass is 10.0. The number of carboxylic acid groups (broad SMARTS) is 1. The maximum absolute atomic E-state index is 12.5. The minimum atomic E-state index is -4.44. The lowest BCUT2D eigenvalue weighted by Gasteiger charge is -2.17. The van der Waals surface area contributed by atoms with Crippen molar-refractivity contribution in [3.05, 3.63) is 35.4 Å². The van der Waals surface area contributed by atoms with Crippen LogP contribution in [0.25, 0.3) is 0 Å². The molecular formula is C13H15F3O3. The summed E-state index contributed by atoms with van der Waals surface area (Å²) in [4.78, 5) is 11.0. The predicted octanol–water partition coefficient (Wildman–Crippen LogP) is 3.13. The number of ether oxygens (including phenoxy) is 1. The first-order valence-electron chi connectivity index (χ1n) is 5.74. The molecule has 0 bridgehead atoms. The molecule has 1 rings (SSSR count). The van der Waals surface area contributed by atoms with E-state index in [1.165, 1.54) is 12.1 Å². The fourth-order valence-corrected chi connectivity index (χ4v) is 1.61. The zero-order valence-corrected chi connectivity index (χ0v) is 10.6. The second-order valence-electron chi connectivity index (χ2n) is 4.41. The van der Waals surface area contributed by atoms with Gasteiger partial charge in [0, 0.05) is 6.42 Å². The molecule has 0 saturated heterocycles. The van der Waals surface area contributed by atoms with Crippen LogP contribution in [0.15, 0.2) is 24.3 Å². The Kier molecular flexibility index (Phi) is 4.94. The van der Waals surface area contributed by atoms with Crippen LogP contribution in [-0.2, 0) is 22.1 Å². The van der Waals surface area contributed by atoms with Gasteiger partial charge in [-0.15, -0.1) is 0 Å². The highest BCUT2D eigenvalue weighted by molar-refractivity contribution is 5.72. The normalized spacial score (nSPS) is 13.6. The number of alkyl halides is 3. The molecule has 3 nitrogen and oxygen atoms in total. The van der Waals surface area contributed by atoms with Gasteiger partial charge in [-0.1, -0.05) is 18.2 Å². The Labute approximate surface area is 109 Å². The molecule has 0 radical (unpaired) electrons. The van der Waals surface area contributed by atoms with Crippen LogP contribution in [0.2, 0.25) is 0 Å². The van der Waals surface area contributed by atoms with Gasteiger partial charge in [-0.25, -0.2) is 4.79 Å². The Morgan fingerprint density at radius 2 is 2.00 bits per heavy atom. The molecule has 1 unspecified atom stereocenters. The van der Waals surface area contributed by atoms with Crippen molar-refractivity contribution >= 4 is 5.97 Å². The first kappa shape index (κ1) is 15.5. The zero-order valence-electron chi connectivity index (χ0n) is 10.6. The summed E-state index contributed by atoms with van der Waals surface area (Å²) < 4.78 is 42.7. The maximum atomic E-state index is 12.5. The molecule has 0 aliphatic rings. The lowest BCUT2D eigenvalue weighted by molar-refractivity contribution is -0.153. The Hall–Kier alpha value is -1.56. The van der Waals surface area contributed by atoms with Gasteiger partial charge in [0.2, 0.25) is 0 Å². The topological polar surface area (TPSA) is 46.5 Å². The molecule has 6 heteroatoms. The van der Waals surface area contributed by atoms with Crippen molar-refractivity contribution in [1.29, 1.82) is 0 Å². The molecule has 1 aromatic carbocycles. The smallest absolute Gasteiger partial charge is 0.416 e. The second kappa shape index (κ2) is 6.06. The highest BCUT2D eigenvalue weighted by Crippen LogP contribution is 2.29. The fraction of sp³-hybridized carbons (Fsp3) is 0.462. The molecule has 0 amide bonds. The van der Waals surface area contributed by atoms with E-state index in [2.05, 4.69) is 0 Å². The first-order valence-corrected chi connectivity index (χ1v) is 5.74. The molecule has 19 heavy (non-hydrogen) atoms. The van der Waals surface area contributed by atoms with E-state index in [0.717, 1.165) is 12.1 Å². The van der Waals surface area contributed by atoms with E-state index in [1.54, 1.807) is 13.8 Å². The summed E-state index contributed by atoms with van der Waals surface area (Å²) in [7, 11) is 0. The average Bonchev–Trinajstić information content (AvgIpc) is 2.26. The number of carbonyl (C=O) groups is 1. The van der Waals surface area contributed by atoms with Crippen molar-refractivity contribution in [1.82, 2.24) is 0 Å². The van der Waals surface area contributed by atoms with E-state index in [4.69, 9.17) is 9.84 Å². The Morgan fingerprint density at radius 3 is 2.47 bits per heavy atom. The molecule has 1 atom stereocenters. The number of hydrogen-bond acceptors (Lipinski definition) is 2. The van der Waals surface area contributed by atoms with Crippen LogP contribution in [0.3, 0.4) is 0 Å². The number of aliphatic carboxylic acids is 1. The molecule has 1 aromatic rings. The predicted molar refractivity (Wildman–Crippen MR) is 62.8 cm³/mol. The Bertz CT molecular complexity index is 441. The molecule has 0 aromatic heterocycles. The van der Waals surface area contributed by atoms with E-state index >= 15 is 0 Å². The Morgan fingerprint density at radius 1 is 1.37 bits per heavy atom. The molecule has 106 valence electrons. The van der Waals surface area contributed by atoms with E-state index < -0.39 is 23.8 Å². The van der Waals surface area contributed by atoms with Crippen molar-refractivity contribution in [3.8, 4) is 0 Å². The quantitative estimate of drug-likeness (QED) is 0.898. The van der Waals surface area contributed by atoms with Crippen molar-refractivity contribution in [2.45, 2.75) is 38.7 Å². The molecule has 0 fully saturated rings. The van der Waals surface area contributed by atoms with Crippen molar-refractivity contribution in [2.24, 2.45) is 0 Å². The molecule has 0 aliphatic carbocycles. The van der Waals surface area contributed by atoms with Gasteiger partial charge >= 0.3 is 12.1 Å². The molecular weight excluding hydrogens is 261 g/mol.